The lowest BCUT2D eigenvalue weighted by molar-refractivity contribution is 0.0494. The topological polar surface area (TPSA) is 50.4 Å². The molecule has 0 bridgehead atoms. The molecule has 0 aliphatic heterocycles. The smallest absolute Gasteiger partial charge is 0.407 e. The standard InChI is InChI=1S/C18H34N2O2/c1-17(2,3)22-16(21)20-15-10-6-9-14(15)19-13-8-7-11-18(4,5)12-13/h13-15,19H,6-12H2,1-5H3,(H,20,21). The molecule has 0 aromatic carbocycles. The SMILES string of the molecule is CC1(C)CCCC(NC2CCCC2NC(=O)OC(C)(C)C)C1. The van der Waals surface area contributed by atoms with E-state index in [-0.39, 0.29) is 12.1 Å². The molecule has 4 heteroatoms. The Balaban J connectivity index is 1.84. The van der Waals surface area contributed by atoms with Crippen molar-refractivity contribution < 1.29 is 9.53 Å². The van der Waals surface area contributed by atoms with Crippen LogP contribution in [0.2, 0.25) is 0 Å². The number of rotatable bonds is 3. The van der Waals surface area contributed by atoms with E-state index in [9.17, 15) is 4.79 Å². The summed E-state index contributed by atoms with van der Waals surface area (Å²) in [6.45, 7) is 10.4. The summed E-state index contributed by atoms with van der Waals surface area (Å²) < 4.78 is 5.39. The third kappa shape index (κ3) is 5.45. The zero-order chi connectivity index (χ0) is 16.4. The molecule has 0 saturated heterocycles. The van der Waals surface area contributed by atoms with Crippen LogP contribution in [0.4, 0.5) is 4.79 Å². The zero-order valence-corrected chi connectivity index (χ0v) is 15.0. The van der Waals surface area contributed by atoms with Gasteiger partial charge in [-0.1, -0.05) is 20.3 Å². The number of hydrogen-bond donors (Lipinski definition) is 2. The van der Waals surface area contributed by atoms with E-state index in [1.807, 2.05) is 20.8 Å². The van der Waals surface area contributed by atoms with E-state index < -0.39 is 5.60 Å². The molecule has 0 spiro atoms. The Labute approximate surface area is 135 Å². The molecular weight excluding hydrogens is 276 g/mol. The largest absolute Gasteiger partial charge is 0.444 e. The van der Waals surface area contributed by atoms with Crippen LogP contribution in [0, 0.1) is 5.41 Å². The van der Waals surface area contributed by atoms with Gasteiger partial charge < -0.3 is 15.4 Å². The quantitative estimate of drug-likeness (QED) is 0.828. The molecule has 2 aliphatic rings. The Morgan fingerprint density at radius 3 is 2.41 bits per heavy atom. The molecule has 2 aliphatic carbocycles. The van der Waals surface area contributed by atoms with Gasteiger partial charge in [-0.05, 0) is 64.7 Å². The van der Waals surface area contributed by atoms with E-state index in [0.29, 0.717) is 17.5 Å². The molecule has 3 atom stereocenters. The molecule has 3 unspecified atom stereocenters. The van der Waals surface area contributed by atoms with E-state index in [1.54, 1.807) is 0 Å². The zero-order valence-electron chi connectivity index (χ0n) is 15.0. The monoisotopic (exact) mass is 310 g/mol. The maximum absolute atomic E-state index is 12.0. The fourth-order valence-electron chi connectivity index (χ4n) is 3.93. The average Bonchev–Trinajstić information content (AvgIpc) is 2.72. The first-order valence-corrected chi connectivity index (χ1v) is 8.90. The highest BCUT2D eigenvalue weighted by molar-refractivity contribution is 5.68. The normalized spacial score (nSPS) is 31.8. The van der Waals surface area contributed by atoms with Crippen LogP contribution in [0.5, 0.6) is 0 Å². The fourth-order valence-corrected chi connectivity index (χ4v) is 3.93. The number of hydrogen-bond acceptors (Lipinski definition) is 3. The molecule has 0 aromatic heterocycles. The molecule has 22 heavy (non-hydrogen) atoms. The highest BCUT2D eigenvalue weighted by Crippen LogP contribution is 2.36. The number of nitrogens with one attached hydrogen (secondary N) is 2. The van der Waals surface area contributed by atoms with Crippen molar-refractivity contribution in [3.05, 3.63) is 0 Å². The summed E-state index contributed by atoms with van der Waals surface area (Å²) >= 11 is 0. The lowest BCUT2D eigenvalue weighted by Gasteiger charge is -2.38. The van der Waals surface area contributed by atoms with E-state index in [2.05, 4.69) is 24.5 Å². The van der Waals surface area contributed by atoms with Crippen molar-refractivity contribution in [3.63, 3.8) is 0 Å². The Morgan fingerprint density at radius 1 is 1.09 bits per heavy atom. The van der Waals surface area contributed by atoms with Crippen LogP contribution in [0.15, 0.2) is 0 Å². The molecule has 0 aromatic rings. The van der Waals surface area contributed by atoms with E-state index >= 15 is 0 Å². The summed E-state index contributed by atoms with van der Waals surface area (Å²) in [6, 6.07) is 1.20. The summed E-state index contributed by atoms with van der Waals surface area (Å²) in [6.07, 6.45) is 8.23. The molecular formula is C18H34N2O2. The first-order chi connectivity index (χ1) is 10.1. The average molecular weight is 310 g/mol. The van der Waals surface area contributed by atoms with Gasteiger partial charge in [0.2, 0.25) is 0 Å². The van der Waals surface area contributed by atoms with Crippen molar-refractivity contribution in [2.45, 2.75) is 103 Å². The van der Waals surface area contributed by atoms with Crippen LogP contribution in [0.25, 0.3) is 0 Å². The molecule has 0 heterocycles. The Bertz CT molecular complexity index is 387. The molecule has 2 saturated carbocycles. The maximum Gasteiger partial charge on any atom is 0.407 e. The summed E-state index contributed by atoms with van der Waals surface area (Å²) in [5.74, 6) is 0. The number of amides is 1. The lowest BCUT2D eigenvalue weighted by atomic mass is 9.75. The van der Waals surface area contributed by atoms with Crippen LogP contribution < -0.4 is 10.6 Å². The van der Waals surface area contributed by atoms with Crippen LogP contribution in [-0.4, -0.2) is 29.8 Å². The third-order valence-electron chi connectivity index (χ3n) is 4.87. The van der Waals surface area contributed by atoms with Gasteiger partial charge in [0.15, 0.2) is 0 Å². The minimum atomic E-state index is -0.432. The molecule has 2 fully saturated rings. The fraction of sp³-hybridized carbons (Fsp3) is 0.944. The predicted octanol–water partition coefficient (Wildman–Crippen LogP) is 3.99. The van der Waals surface area contributed by atoms with Gasteiger partial charge in [0, 0.05) is 18.1 Å². The van der Waals surface area contributed by atoms with Gasteiger partial charge in [-0.15, -0.1) is 0 Å². The Kier molecular flexibility index (Phi) is 5.41. The minimum absolute atomic E-state index is 0.208. The Hall–Kier alpha value is -0.770. The first-order valence-electron chi connectivity index (χ1n) is 8.90. The maximum atomic E-state index is 12.0. The van der Waals surface area contributed by atoms with Gasteiger partial charge >= 0.3 is 6.09 Å². The summed E-state index contributed by atoms with van der Waals surface area (Å²) in [5.41, 5.74) is 0.0155. The van der Waals surface area contributed by atoms with Crippen molar-refractivity contribution >= 4 is 6.09 Å². The van der Waals surface area contributed by atoms with Crippen LogP contribution in [0.3, 0.4) is 0 Å². The minimum Gasteiger partial charge on any atom is -0.444 e. The second-order valence-corrected chi connectivity index (χ2v) is 8.91. The van der Waals surface area contributed by atoms with E-state index in [0.717, 1.165) is 12.8 Å². The van der Waals surface area contributed by atoms with Crippen molar-refractivity contribution in [2.75, 3.05) is 0 Å². The van der Waals surface area contributed by atoms with Crippen molar-refractivity contribution in [1.29, 1.82) is 0 Å². The van der Waals surface area contributed by atoms with Gasteiger partial charge in [0.05, 0.1) is 0 Å². The molecule has 128 valence electrons. The summed E-state index contributed by atoms with van der Waals surface area (Å²) in [5, 5.41) is 6.89. The van der Waals surface area contributed by atoms with Crippen LogP contribution in [0.1, 0.15) is 79.6 Å². The first kappa shape index (κ1) is 17.6. The molecule has 2 rings (SSSR count). The van der Waals surface area contributed by atoms with Crippen molar-refractivity contribution in [2.24, 2.45) is 5.41 Å². The number of ether oxygens (including phenoxy) is 1. The van der Waals surface area contributed by atoms with Crippen molar-refractivity contribution in [3.8, 4) is 0 Å². The highest BCUT2D eigenvalue weighted by atomic mass is 16.6. The van der Waals surface area contributed by atoms with Gasteiger partial charge in [0.25, 0.3) is 0 Å². The predicted molar refractivity (Wildman–Crippen MR) is 90.0 cm³/mol. The van der Waals surface area contributed by atoms with Gasteiger partial charge in [0.1, 0.15) is 5.60 Å². The van der Waals surface area contributed by atoms with E-state index in [4.69, 9.17) is 4.74 Å². The summed E-state index contributed by atoms with van der Waals surface area (Å²) in [4.78, 5) is 12.0. The number of carbonyl (C=O) groups excluding carboxylic acids is 1. The second kappa shape index (κ2) is 6.77. The summed E-state index contributed by atoms with van der Waals surface area (Å²) in [7, 11) is 0. The number of carbonyl (C=O) groups is 1. The Morgan fingerprint density at radius 2 is 1.77 bits per heavy atom. The van der Waals surface area contributed by atoms with Gasteiger partial charge in [-0.3, -0.25) is 0 Å². The van der Waals surface area contributed by atoms with Crippen LogP contribution >= 0.6 is 0 Å². The number of alkyl carbamates (subject to hydrolysis) is 1. The molecule has 1 amide bonds. The highest BCUT2D eigenvalue weighted by Gasteiger charge is 2.34. The molecule has 0 radical (unpaired) electrons. The van der Waals surface area contributed by atoms with Gasteiger partial charge in [-0.2, -0.15) is 0 Å². The molecule has 2 N–H and O–H groups in total. The molecule has 4 nitrogen and oxygen atoms in total. The van der Waals surface area contributed by atoms with Gasteiger partial charge in [-0.25, -0.2) is 4.79 Å². The van der Waals surface area contributed by atoms with E-state index in [1.165, 1.54) is 32.1 Å². The van der Waals surface area contributed by atoms with Crippen molar-refractivity contribution in [1.82, 2.24) is 10.6 Å². The second-order valence-electron chi connectivity index (χ2n) is 8.91. The lowest BCUT2D eigenvalue weighted by Crippen LogP contribution is -2.52. The van der Waals surface area contributed by atoms with Crippen LogP contribution in [-0.2, 0) is 4.74 Å². The third-order valence-corrected chi connectivity index (χ3v) is 4.87.